The van der Waals surface area contributed by atoms with Crippen LogP contribution in [0.15, 0.2) is 59.8 Å². The third-order valence-electron chi connectivity index (χ3n) is 6.40. The van der Waals surface area contributed by atoms with Gasteiger partial charge in [-0.25, -0.2) is 0 Å². The number of anilines is 1. The van der Waals surface area contributed by atoms with Crippen molar-refractivity contribution >= 4 is 41.1 Å². The van der Waals surface area contributed by atoms with Gasteiger partial charge in [0.25, 0.3) is 12.2 Å². The summed E-state index contributed by atoms with van der Waals surface area (Å²) in [4.78, 5) is 68.6. The number of ether oxygens (including phenoxy) is 4. The molecule has 0 unspecified atom stereocenters. The first-order valence-corrected chi connectivity index (χ1v) is 13.1. The van der Waals surface area contributed by atoms with Crippen LogP contribution < -0.4 is 10.2 Å². The second-order valence-corrected chi connectivity index (χ2v) is 9.66. The van der Waals surface area contributed by atoms with Gasteiger partial charge in [0, 0.05) is 33.3 Å². The molecule has 0 saturated carbocycles. The number of amides is 2. The number of hydrogen-bond donors (Lipinski definition) is 1. The zero-order valence-corrected chi connectivity index (χ0v) is 23.5. The predicted molar refractivity (Wildman–Crippen MR) is 146 cm³/mol. The van der Waals surface area contributed by atoms with Gasteiger partial charge in [-0.3, -0.25) is 24.0 Å². The van der Waals surface area contributed by atoms with E-state index in [2.05, 4.69) is 10.5 Å². The fourth-order valence-electron chi connectivity index (χ4n) is 4.76. The van der Waals surface area contributed by atoms with Crippen LogP contribution in [0.5, 0.6) is 0 Å². The first-order chi connectivity index (χ1) is 20.0. The summed E-state index contributed by atoms with van der Waals surface area (Å²) in [6.07, 6.45) is -5.25. The second-order valence-electron chi connectivity index (χ2n) is 9.66. The summed E-state index contributed by atoms with van der Waals surface area (Å²) in [6, 6.07) is 15.2. The molecule has 4 rings (SSSR count). The average molecular weight is 582 g/mol. The van der Waals surface area contributed by atoms with E-state index in [1.54, 1.807) is 29.2 Å². The van der Waals surface area contributed by atoms with Gasteiger partial charge in [0.05, 0.1) is 12.2 Å². The molecule has 222 valence electrons. The van der Waals surface area contributed by atoms with Gasteiger partial charge in [0.2, 0.25) is 5.91 Å². The largest absolute Gasteiger partial charge is 0.463 e. The Balaban J connectivity index is 1.68. The highest BCUT2D eigenvalue weighted by Crippen LogP contribution is 2.32. The second kappa shape index (κ2) is 13.3. The fraction of sp³-hybridized carbons (Fsp3) is 0.379. The molecule has 0 aliphatic carbocycles. The first-order valence-electron chi connectivity index (χ1n) is 13.1. The van der Waals surface area contributed by atoms with E-state index in [1.165, 1.54) is 13.8 Å². The molecule has 0 bridgehead atoms. The lowest BCUT2D eigenvalue weighted by Gasteiger charge is -2.43. The number of nitrogens with zero attached hydrogens (tertiary/aromatic N) is 2. The number of para-hydroxylation sites is 1. The van der Waals surface area contributed by atoms with E-state index in [-0.39, 0.29) is 12.3 Å². The van der Waals surface area contributed by atoms with Crippen molar-refractivity contribution in [2.24, 2.45) is 5.16 Å². The Kier molecular flexibility index (Phi) is 9.53. The van der Waals surface area contributed by atoms with Crippen LogP contribution in [-0.4, -0.2) is 72.7 Å². The molecule has 5 atom stereocenters. The molecule has 0 aromatic heterocycles. The third kappa shape index (κ3) is 7.10. The van der Waals surface area contributed by atoms with Crippen molar-refractivity contribution in [1.82, 2.24) is 5.32 Å². The Morgan fingerprint density at radius 3 is 2.17 bits per heavy atom. The van der Waals surface area contributed by atoms with Crippen molar-refractivity contribution in [1.29, 1.82) is 0 Å². The number of carbonyl (C=O) groups is 5. The number of rotatable bonds is 9. The molecule has 13 nitrogen and oxygen atoms in total. The van der Waals surface area contributed by atoms with Crippen molar-refractivity contribution in [3.05, 3.63) is 65.7 Å². The van der Waals surface area contributed by atoms with Crippen molar-refractivity contribution in [3.8, 4) is 0 Å². The molecular weight excluding hydrogens is 550 g/mol. The van der Waals surface area contributed by atoms with E-state index >= 15 is 0 Å². The minimum Gasteiger partial charge on any atom is -0.463 e. The molecule has 2 amide bonds. The smallest absolute Gasteiger partial charge is 0.303 e. The molecule has 1 fully saturated rings. The molecule has 1 saturated heterocycles. The minimum atomic E-state index is -1.46. The van der Waals surface area contributed by atoms with Gasteiger partial charge in [-0.05, 0) is 11.6 Å². The number of fused-ring (bicyclic) bond motifs is 1. The third-order valence-corrected chi connectivity index (χ3v) is 6.40. The topological polar surface area (TPSA) is 159 Å². The first kappa shape index (κ1) is 30.2. The summed E-state index contributed by atoms with van der Waals surface area (Å²) < 4.78 is 21.9. The van der Waals surface area contributed by atoms with Crippen LogP contribution in [0.2, 0.25) is 0 Å². The Morgan fingerprint density at radius 1 is 0.881 bits per heavy atom. The van der Waals surface area contributed by atoms with Gasteiger partial charge in [-0.2, -0.15) is 0 Å². The van der Waals surface area contributed by atoms with Crippen molar-refractivity contribution in [2.75, 3.05) is 11.5 Å². The normalized spacial score (nSPS) is 24.0. The molecule has 42 heavy (non-hydrogen) atoms. The molecular formula is C29H31N3O10. The van der Waals surface area contributed by atoms with Crippen LogP contribution in [0.1, 0.15) is 38.8 Å². The molecule has 2 aromatic carbocycles. The molecule has 2 aromatic rings. The van der Waals surface area contributed by atoms with E-state index in [1.807, 2.05) is 30.3 Å². The van der Waals surface area contributed by atoms with E-state index in [0.29, 0.717) is 11.3 Å². The lowest BCUT2D eigenvalue weighted by atomic mass is 9.96. The van der Waals surface area contributed by atoms with E-state index in [4.69, 9.17) is 23.8 Å². The van der Waals surface area contributed by atoms with Crippen molar-refractivity contribution in [2.45, 2.75) is 64.9 Å². The molecule has 2 aliphatic rings. The quantitative estimate of drug-likeness (QED) is 0.262. The van der Waals surface area contributed by atoms with Crippen molar-refractivity contribution < 1.29 is 47.8 Å². The Morgan fingerprint density at radius 2 is 1.52 bits per heavy atom. The standard InChI is InChI=1S/C29H31N3O10/c1-16(33)30-25-27(40-19(4)36)26(39-18(3)35)23(15-38-17(2)34)41-29(25)42-31-24-21-12-8-9-13-22(21)32(28(24)37)14-20-10-6-5-7-11-20/h5-13,23,25-27,29H,14-15H2,1-4H3,(H,30,33)/b31-24+/t23-,25-,26-,27-,29+/m1/s1. The fourth-order valence-corrected chi connectivity index (χ4v) is 4.76. The predicted octanol–water partition coefficient (Wildman–Crippen LogP) is 1.61. The lowest BCUT2D eigenvalue weighted by molar-refractivity contribution is -0.278. The van der Waals surface area contributed by atoms with E-state index < -0.39 is 67.0 Å². The molecule has 2 aliphatic heterocycles. The van der Waals surface area contributed by atoms with E-state index in [0.717, 1.165) is 19.4 Å². The molecule has 2 heterocycles. The number of nitrogens with one attached hydrogen (secondary N) is 1. The SMILES string of the molecule is CC(=O)N[C@H]1[C@H](O/N=C2/C(=O)N(Cc3ccccc3)c3ccccc32)O[C@H](COC(C)=O)[C@@H](OC(C)=O)[C@@H]1OC(C)=O. The monoisotopic (exact) mass is 581 g/mol. The van der Waals surface area contributed by atoms with Crippen LogP contribution in [0.4, 0.5) is 5.69 Å². The molecule has 0 radical (unpaired) electrons. The summed E-state index contributed by atoms with van der Waals surface area (Å²) in [6.45, 7) is 4.56. The highest BCUT2D eigenvalue weighted by atomic mass is 16.8. The maximum Gasteiger partial charge on any atom is 0.303 e. The zero-order valence-electron chi connectivity index (χ0n) is 23.5. The maximum atomic E-state index is 13.5. The van der Waals surface area contributed by atoms with E-state index in [9.17, 15) is 24.0 Å². The van der Waals surface area contributed by atoms with Gasteiger partial charge in [-0.1, -0.05) is 53.7 Å². The lowest BCUT2D eigenvalue weighted by Crippen LogP contribution is -2.66. The number of esters is 3. The average Bonchev–Trinajstić information content (AvgIpc) is 3.19. The summed E-state index contributed by atoms with van der Waals surface area (Å²) >= 11 is 0. The van der Waals surface area contributed by atoms with Gasteiger partial charge in [-0.15, -0.1) is 0 Å². The van der Waals surface area contributed by atoms with Gasteiger partial charge in [0.15, 0.2) is 17.9 Å². The van der Waals surface area contributed by atoms with Crippen LogP contribution in [0.3, 0.4) is 0 Å². The van der Waals surface area contributed by atoms with Gasteiger partial charge in [0.1, 0.15) is 18.8 Å². The number of carbonyl (C=O) groups excluding carboxylic acids is 5. The zero-order chi connectivity index (χ0) is 30.4. The van der Waals surface area contributed by atoms with Gasteiger partial charge >= 0.3 is 17.9 Å². The van der Waals surface area contributed by atoms with Crippen LogP contribution in [0, 0.1) is 0 Å². The summed E-state index contributed by atoms with van der Waals surface area (Å²) in [5, 5.41) is 6.73. The Labute approximate surface area is 241 Å². The van der Waals surface area contributed by atoms with Gasteiger partial charge < -0.3 is 34.0 Å². The summed E-state index contributed by atoms with van der Waals surface area (Å²) in [5.41, 5.74) is 2.01. The summed E-state index contributed by atoms with van der Waals surface area (Å²) in [7, 11) is 0. The van der Waals surface area contributed by atoms with Crippen LogP contribution in [0.25, 0.3) is 0 Å². The Hall–Kier alpha value is -4.78. The number of oxime groups is 1. The maximum absolute atomic E-state index is 13.5. The van der Waals surface area contributed by atoms with Crippen LogP contribution >= 0.6 is 0 Å². The number of hydrogen-bond acceptors (Lipinski definition) is 11. The molecule has 1 N–H and O–H groups in total. The van der Waals surface area contributed by atoms with Crippen LogP contribution in [-0.2, 0) is 54.3 Å². The number of benzene rings is 2. The van der Waals surface area contributed by atoms with Crippen molar-refractivity contribution in [3.63, 3.8) is 0 Å². The molecule has 13 heteroatoms. The molecule has 0 spiro atoms. The summed E-state index contributed by atoms with van der Waals surface area (Å²) in [5.74, 6) is -3.10. The highest BCUT2D eigenvalue weighted by Gasteiger charge is 2.52. The minimum absolute atomic E-state index is 0.0191. The Bertz CT molecular complexity index is 1380. The highest BCUT2D eigenvalue weighted by molar-refractivity contribution is 6.54.